The largest absolute Gasteiger partial charge is 0.342 e. The Morgan fingerprint density at radius 1 is 1.30 bits per heavy atom. The SMILES string of the molecule is CC(C)(C(=O)N1CC[C@@H]2CNC[C@@H]2CC1)c1cccs1. The second kappa shape index (κ2) is 5.49. The van der Waals surface area contributed by atoms with E-state index >= 15 is 0 Å². The minimum Gasteiger partial charge on any atom is -0.342 e. The van der Waals surface area contributed by atoms with Gasteiger partial charge in [-0.3, -0.25) is 4.79 Å². The lowest BCUT2D eigenvalue weighted by molar-refractivity contribution is -0.136. The van der Waals surface area contributed by atoms with E-state index in [-0.39, 0.29) is 5.41 Å². The predicted octanol–water partition coefficient (Wildman–Crippen LogP) is 2.48. The highest BCUT2D eigenvalue weighted by Crippen LogP contribution is 2.32. The molecule has 0 unspecified atom stereocenters. The lowest BCUT2D eigenvalue weighted by Gasteiger charge is -2.30. The number of nitrogens with one attached hydrogen (secondary N) is 1. The maximum absolute atomic E-state index is 12.9. The molecule has 0 aliphatic carbocycles. The van der Waals surface area contributed by atoms with Crippen molar-refractivity contribution in [2.45, 2.75) is 32.1 Å². The van der Waals surface area contributed by atoms with Crippen LogP contribution in [0.1, 0.15) is 31.6 Å². The molecular formula is C16H24N2OS. The number of carbonyl (C=O) groups is 1. The van der Waals surface area contributed by atoms with Crippen LogP contribution in [-0.2, 0) is 10.2 Å². The van der Waals surface area contributed by atoms with E-state index < -0.39 is 0 Å². The molecule has 3 heterocycles. The Morgan fingerprint density at radius 2 is 1.95 bits per heavy atom. The molecule has 0 saturated carbocycles. The van der Waals surface area contributed by atoms with Crippen LogP contribution in [0.15, 0.2) is 17.5 Å². The standard InChI is InChI=1S/C16H24N2OS/c1-16(2,14-4-3-9-20-14)15(19)18-7-5-12-10-17-11-13(12)6-8-18/h3-4,9,12-13,17H,5-8,10-11H2,1-2H3/t12-,13+. The van der Waals surface area contributed by atoms with Crippen LogP contribution < -0.4 is 5.32 Å². The smallest absolute Gasteiger partial charge is 0.233 e. The third-order valence-electron chi connectivity index (χ3n) is 4.98. The van der Waals surface area contributed by atoms with Crippen molar-refractivity contribution in [1.29, 1.82) is 0 Å². The zero-order valence-electron chi connectivity index (χ0n) is 12.4. The molecule has 2 saturated heterocycles. The summed E-state index contributed by atoms with van der Waals surface area (Å²) in [7, 11) is 0. The molecule has 2 fully saturated rings. The molecule has 4 heteroatoms. The molecule has 0 radical (unpaired) electrons. The Morgan fingerprint density at radius 3 is 2.50 bits per heavy atom. The molecule has 0 spiro atoms. The van der Waals surface area contributed by atoms with Crippen LogP contribution in [-0.4, -0.2) is 37.0 Å². The number of hydrogen-bond acceptors (Lipinski definition) is 3. The highest BCUT2D eigenvalue weighted by molar-refractivity contribution is 7.10. The Balaban J connectivity index is 1.71. The summed E-state index contributed by atoms with van der Waals surface area (Å²) in [6, 6.07) is 4.12. The Kier molecular flexibility index (Phi) is 3.87. The average molecular weight is 292 g/mol. The lowest BCUT2D eigenvalue weighted by atomic mass is 9.89. The molecule has 3 nitrogen and oxygen atoms in total. The molecule has 1 amide bonds. The van der Waals surface area contributed by atoms with Gasteiger partial charge in [-0.05, 0) is 63.1 Å². The topological polar surface area (TPSA) is 32.3 Å². The second-order valence-corrected chi connectivity index (χ2v) is 7.60. The van der Waals surface area contributed by atoms with Crippen LogP contribution in [0.3, 0.4) is 0 Å². The van der Waals surface area contributed by atoms with Gasteiger partial charge >= 0.3 is 0 Å². The molecule has 2 aliphatic heterocycles. The van der Waals surface area contributed by atoms with Crippen LogP contribution >= 0.6 is 11.3 Å². The van der Waals surface area contributed by atoms with Crippen molar-refractivity contribution < 1.29 is 4.79 Å². The van der Waals surface area contributed by atoms with Crippen molar-refractivity contribution in [1.82, 2.24) is 10.2 Å². The first-order valence-electron chi connectivity index (χ1n) is 7.63. The zero-order valence-corrected chi connectivity index (χ0v) is 13.2. The summed E-state index contributed by atoms with van der Waals surface area (Å²) in [5.74, 6) is 1.85. The van der Waals surface area contributed by atoms with Gasteiger partial charge in [0.25, 0.3) is 0 Å². The zero-order chi connectivity index (χ0) is 14.2. The monoisotopic (exact) mass is 292 g/mol. The predicted molar refractivity (Wildman–Crippen MR) is 83.0 cm³/mol. The van der Waals surface area contributed by atoms with Crippen molar-refractivity contribution in [3.8, 4) is 0 Å². The fourth-order valence-corrected chi connectivity index (χ4v) is 4.40. The molecule has 0 bridgehead atoms. The number of rotatable bonds is 2. The maximum Gasteiger partial charge on any atom is 0.233 e. The van der Waals surface area contributed by atoms with Gasteiger partial charge in [-0.1, -0.05) is 6.07 Å². The first kappa shape index (κ1) is 14.1. The fourth-order valence-electron chi connectivity index (χ4n) is 3.56. The second-order valence-electron chi connectivity index (χ2n) is 6.65. The number of fused-ring (bicyclic) bond motifs is 1. The normalized spacial score (nSPS) is 27.2. The molecule has 1 N–H and O–H groups in total. The number of nitrogens with zero attached hydrogens (tertiary/aromatic N) is 1. The van der Waals surface area contributed by atoms with Crippen molar-refractivity contribution in [2.24, 2.45) is 11.8 Å². The summed E-state index contributed by atoms with van der Waals surface area (Å²) in [5, 5.41) is 5.55. The van der Waals surface area contributed by atoms with Crippen molar-refractivity contribution in [3.05, 3.63) is 22.4 Å². The maximum atomic E-state index is 12.9. The first-order valence-corrected chi connectivity index (χ1v) is 8.51. The van der Waals surface area contributed by atoms with Crippen molar-refractivity contribution in [2.75, 3.05) is 26.2 Å². The van der Waals surface area contributed by atoms with Crippen molar-refractivity contribution >= 4 is 17.2 Å². The van der Waals surface area contributed by atoms with Crippen LogP contribution in [0.4, 0.5) is 0 Å². The summed E-state index contributed by atoms with van der Waals surface area (Å²) in [4.78, 5) is 16.2. The van der Waals surface area contributed by atoms with E-state index in [1.807, 2.05) is 6.07 Å². The molecule has 110 valence electrons. The van der Waals surface area contributed by atoms with Gasteiger partial charge in [0.2, 0.25) is 5.91 Å². The molecule has 2 atom stereocenters. The summed E-state index contributed by atoms with van der Waals surface area (Å²) < 4.78 is 0. The Hall–Kier alpha value is -0.870. The Bertz CT molecular complexity index is 455. The molecule has 0 aromatic carbocycles. The quantitative estimate of drug-likeness (QED) is 0.908. The van der Waals surface area contributed by atoms with E-state index in [1.165, 1.54) is 4.88 Å². The van der Waals surface area contributed by atoms with Crippen LogP contribution in [0.25, 0.3) is 0 Å². The Labute approximate surface area is 125 Å². The highest BCUT2D eigenvalue weighted by Gasteiger charge is 2.37. The minimum absolute atomic E-state index is 0.299. The van der Waals surface area contributed by atoms with E-state index in [0.717, 1.165) is 50.9 Å². The van der Waals surface area contributed by atoms with Crippen LogP contribution in [0, 0.1) is 11.8 Å². The van der Waals surface area contributed by atoms with Gasteiger partial charge in [0.05, 0.1) is 5.41 Å². The average Bonchev–Trinajstić information content (AvgIpc) is 3.07. The molecule has 20 heavy (non-hydrogen) atoms. The molecule has 2 aliphatic rings. The van der Waals surface area contributed by atoms with Gasteiger partial charge in [0.15, 0.2) is 0 Å². The molecule has 3 rings (SSSR count). The number of thiophene rings is 1. The van der Waals surface area contributed by atoms with E-state index in [0.29, 0.717) is 5.91 Å². The summed E-state index contributed by atoms with van der Waals surface area (Å²) >= 11 is 1.69. The third kappa shape index (κ3) is 2.51. The van der Waals surface area contributed by atoms with Gasteiger partial charge in [-0.15, -0.1) is 11.3 Å². The fraction of sp³-hybridized carbons (Fsp3) is 0.688. The van der Waals surface area contributed by atoms with Gasteiger partial charge in [0, 0.05) is 18.0 Å². The number of carbonyl (C=O) groups excluding carboxylic acids is 1. The van der Waals surface area contributed by atoms with Gasteiger partial charge < -0.3 is 10.2 Å². The van der Waals surface area contributed by atoms with Gasteiger partial charge in [0.1, 0.15) is 0 Å². The summed E-state index contributed by atoms with van der Waals surface area (Å²) in [5.41, 5.74) is -0.383. The van der Waals surface area contributed by atoms with E-state index in [1.54, 1.807) is 11.3 Å². The van der Waals surface area contributed by atoms with Crippen molar-refractivity contribution in [3.63, 3.8) is 0 Å². The lowest BCUT2D eigenvalue weighted by Crippen LogP contribution is -2.43. The van der Waals surface area contributed by atoms with E-state index in [4.69, 9.17) is 0 Å². The molecule has 1 aromatic rings. The number of amides is 1. The molecular weight excluding hydrogens is 268 g/mol. The number of likely N-dealkylation sites (tertiary alicyclic amines) is 1. The van der Waals surface area contributed by atoms with Crippen LogP contribution in [0.5, 0.6) is 0 Å². The minimum atomic E-state index is -0.383. The summed E-state index contributed by atoms with van der Waals surface area (Å²) in [6.07, 6.45) is 2.31. The van der Waals surface area contributed by atoms with Gasteiger partial charge in [-0.25, -0.2) is 0 Å². The van der Waals surface area contributed by atoms with E-state index in [2.05, 4.69) is 35.5 Å². The highest BCUT2D eigenvalue weighted by atomic mass is 32.1. The summed E-state index contributed by atoms with van der Waals surface area (Å²) in [6.45, 7) is 8.26. The van der Waals surface area contributed by atoms with E-state index in [9.17, 15) is 4.79 Å². The molecule has 1 aromatic heterocycles. The first-order chi connectivity index (χ1) is 9.59. The van der Waals surface area contributed by atoms with Crippen LogP contribution in [0.2, 0.25) is 0 Å². The van der Waals surface area contributed by atoms with Gasteiger partial charge in [-0.2, -0.15) is 0 Å². The number of hydrogen-bond donors (Lipinski definition) is 1. The third-order valence-corrected chi connectivity index (χ3v) is 6.17.